The Bertz CT molecular complexity index is 353. The highest BCUT2D eigenvalue weighted by Gasteiger charge is 2.42. The van der Waals surface area contributed by atoms with E-state index in [0.717, 1.165) is 31.6 Å². The maximum Gasteiger partial charge on any atom is 0.105 e. The smallest absolute Gasteiger partial charge is 0.105 e. The molecule has 0 heterocycles. The quantitative estimate of drug-likeness (QED) is 0.519. The molecular formula is C19H31ClF2. The van der Waals surface area contributed by atoms with Crippen molar-refractivity contribution in [3.8, 4) is 0 Å². The highest BCUT2D eigenvalue weighted by Crippen LogP contribution is 2.47. The maximum absolute atomic E-state index is 14.8. The predicted molar refractivity (Wildman–Crippen MR) is 88.7 cm³/mol. The van der Waals surface area contributed by atoms with Crippen LogP contribution in [0.15, 0.2) is 0 Å². The SMILES string of the molecule is CC1CCC(C2CCC(C3CCC(Cl)CC3F)CC2F)CC1. The van der Waals surface area contributed by atoms with Crippen LogP contribution in [0.1, 0.15) is 71.1 Å². The van der Waals surface area contributed by atoms with Gasteiger partial charge in [0, 0.05) is 5.38 Å². The van der Waals surface area contributed by atoms with E-state index in [4.69, 9.17) is 11.6 Å². The molecule has 3 saturated carbocycles. The molecule has 128 valence electrons. The summed E-state index contributed by atoms with van der Waals surface area (Å²) >= 11 is 6.07. The van der Waals surface area contributed by atoms with Crippen molar-refractivity contribution in [1.82, 2.24) is 0 Å². The molecule has 3 heteroatoms. The largest absolute Gasteiger partial charge is 0.247 e. The Morgan fingerprint density at radius 3 is 1.86 bits per heavy atom. The molecule has 3 fully saturated rings. The lowest BCUT2D eigenvalue weighted by Crippen LogP contribution is -2.39. The number of halogens is 3. The van der Waals surface area contributed by atoms with Crippen LogP contribution >= 0.6 is 11.6 Å². The van der Waals surface area contributed by atoms with Gasteiger partial charge in [-0.2, -0.15) is 0 Å². The molecule has 3 aliphatic carbocycles. The van der Waals surface area contributed by atoms with Gasteiger partial charge in [0.1, 0.15) is 12.3 Å². The lowest BCUT2D eigenvalue weighted by Gasteiger charge is -2.43. The zero-order chi connectivity index (χ0) is 15.7. The Balaban J connectivity index is 1.53. The van der Waals surface area contributed by atoms with E-state index in [9.17, 15) is 8.78 Å². The van der Waals surface area contributed by atoms with Gasteiger partial charge in [-0.3, -0.25) is 0 Å². The molecule has 0 amide bonds. The lowest BCUT2D eigenvalue weighted by molar-refractivity contribution is 0.0161. The molecule has 3 aliphatic rings. The molecule has 0 bridgehead atoms. The first-order valence-corrected chi connectivity index (χ1v) is 9.90. The molecule has 0 aliphatic heterocycles. The van der Waals surface area contributed by atoms with Gasteiger partial charge in [0.05, 0.1) is 0 Å². The summed E-state index contributed by atoms with van der Waals surface area (Å²) in [5.41, 5.74) is 0. The minimum Gasteiger partial charge on any atom is -0.247 e. The highest BCUT2D eigenvalue weighted by atomic mass is 35.5. The van der Waals surface area contributed by atoms with Gasteiger partial charge in [-0.1, -0.05) is 19.8 Å². The second kappa shape index (κ2) is 7.36. The molecule has 3 rings (SSSR count). The van der Waals surface area contributed by atoms with Crippen molar-refractivity contribution in [3.63, 3.8) is 0 Å². The van der Waals surface area contributed by atoms with Crippen LogP contribution in [0.2, 0.25) is 0 Å². The first kappa shape index (κ1) is 17.0. The van der Waals surface area contributed by atoms with E-state index < -0.39 is 12.3 Å². The molecule has 0 nitrogen and oxygen atoms in total. The Labute approximate surface area is 139 Å². The summed E-state index contributed by atoms with van der Waals surface area (Å²) in [6.07, 6.45) is 8.32. The number of alkyl halides is 3. The van der Waals surface area contributed by atoms with E-state index in [1.807, 2.05) is 0 Å². The summed E-state index contributed by atoms with van der Waals surface area (Å²) in [4.78, 5) is 0. The number of rotatable bonds is 2. The van der Waals surface area contributed by atoms with E-state index in [-0.39, 0.29) is 23.1 Å². The third-order valence-electron chi connectivity index (χ3n) is 6.89. The van der Waals surface area contributed by atoms with Crippen molar-refractivity contribution < 1.29 is 8.78 Å². The van der Waals surface area contributed by atoms with Crippen molar-refractivity contribution in [2.45, 2.75) is 88.9 Å². The van der Waals surface area contributed by atoms with E-state index in [1.165, 1.54) is 25.7 Å². The number of hydrogen-bond donors (Lipinski definition) is 0. The topological polar surface area (TPSA) is 0 Å². The maximum atomic E-state index is 14.8. The fraction of sp³-hybridized carbons (Fsp3) is 1.00. The van der Waals surface area contributed by atoms with Crippen LogP contribution in [0.5, 0.6) is 0 Å². The van der Waals surface area contributed by atoms with Crippen molar-refractivity contribution in [1.29, 1.82) is 0 Å². The second-order valence-electron chi connectivity index (χ2n) is 8.36. The summed E-state index contributed by atoms with van der Waals surface area (Å²) in [6, 6.07) is 0. The zero-order valence-corrected chi connectivity index (χ0v) is 14.6. The van der Waals surface area contributed by atoms with Crippen LogP contribution < -0.4 is 0 Å². The normalized spacial score (nSPS) is 50.7. The van der Waals surface area contributed by atoms with Gasteiger partial charge in [0.15, 0.2) is 0 Å². The van der Waals surface area contributed by atoms with Gasteiger partial charge < -0.3 is 0 Å². The van der Waals surface area contributed by atoms with Gasteiger partial charge in [-0.25, -0.2) is 8.78 Å². The zero-order valence-electron chi connectivity index (χ0n) is 13.8. The molecule has 0 spiro atoms. The molecule has 22 heavy (non-hydrogen) atoms. The van der Waals surface area contributed by atoms with Crippen LogP contribution in [-0.4, -0.2) is 17.7 Å². The minimum atomic E-state index is -0.805. The lowest BCUT2D eigenvalue weighted by atomic mass is 9.64. The molecule has 0 radical (unpaired) electrons. The van der Waals surface area contributed by atoms with E-state index in [0.29, 0.717) is 18.8 Å². The summed E-state index contributed by atoms with van der Waals surface area (Å²) in [6.45, 7) is 2.31. The average molecular weight is 333 g/mol. The third kappa shape index (κ3) is 3.79. The summed E-state index contributed by atoms with van der Waals surface area (Å²) in [7, 11) is 0. The first-order valence-electron chi connectivity index (χ1n) is 9.46. The molecule has 0 aromatic carbocycles. The van der Waals surface area contributed by atoms with Crippen molar-refractivity contribution in [2.75, 3.05) is 0 Å². The predicted octanol–water partition coefficient (Wildman–Crippen LogP) is 6.31. The van der Waals surface area contributed by atoms with Gasteiger partial charge in [-0.15, -0.1) is 11.6 Å². The van der Waals surface area contributed by atoms with Crippen LogP contribution in [-0.2, 0) is 0 Å². The van der Waals surface area contributed by atoms with E-state index in [2.05, 4.69) is 6.92 Å². The van der Waals surface area contributed by atoms with Crippen molar-refractivity contribution >= 4 is 11.6 Å². The number of hydrogen-bond acceptors (Lipinski definition) is 0. The fourth-order valence-electron chi connectivity index (χ4n) is 5.43. The van der Waals surface area contributed by atoms with Crippen LogP contribution in [0.25, 0.3) is 0 Å². The summed E-state index contributed by atoms with van der Waals surface area (Å²) in [5, 5.41) is -0.00649. The first-order chi connectivity index (χ1) is 10.5. The molecular weight excluding hydrogens is 302 g/mol. The minimum absolute atomic E-state index is 0.00649. The molecule has 6 unspecified atom stereocenters. The Morgan fingerprint density at radius 1 is 0.682 bits per heavy atom. The molecule has 0 N–H and O–H groups in total. The third-order valence-corrected chi connectivity index (χ3v) is 7.29. The van der Waals surface area contributed by atoms with Gasteiger partial charge >= 0.3 is 0 Å². The highest BCUT2D eigenvalue weighted by molar-refractivity contribution is 6.20. The molecule has 0 aromatic rings. The summed E-state index contributed by atoms with van der Waals surface area (Å²) < 4.78 is 29.1. The molecule has 0 saturated heterocycles. The van der Waals surface area contributed by atoms with Gasteiger partial charge in [0.25, 0.3) is 0 Å². The standard InChI is InChI=1S/C19H31ClF2/c1-12-2-4-13(5-3-12)16-8-6-14(10-18(16)21)17-9-7-15(20)11-19(17)22/h12-19H,2-11H2,1H3. The van der Waals surface area contributed by atoms with Crippen LogP contribution in [0, 0.1) is 29.6 Å². The van der Waals surface area contributed by atoms with Gasteiger partial charge in [-0.05, 0) is 81.0 Å². The Hall–Kier alpha value is 0.150. The second-order valence-corrected chi connectivity index (χ2v) is 8.98. The van der Waals surface area contributed by atoms with Crippen molar-refractivity contribution in [2.24, 2.45) is 29.6 Å². The fourth-order valence-corrected chi connectivity index (χ4v) is 5.72. The summed E-state index contributed by atoms with van der Waals surface area (Å²) in [5.74, 6) is 2.00. The van der Waals surface area contributed by atoms with Crippen LogP contribution in [0.3, 0.4) is 0 Å². The Morgan fingerprint density at radius 2 is 1.23 bits per heavy atom. The monoisotopic (exact) mass is 332 g/mol. The molecule has 6 atom stereocenters. The Kier molecular flexibility index (Phi) is 5.69. The van der Waals surface area contributed by atoms with Crippen molar-refractivity contribution in [3.05, 3.63) is 0 Å². The van der Waals surface area contributed by atoms with E-state index >= 15 is 0 Å². The van der Waals surface area contributed by atoms with Crippen LogP contribution in [0.4, 0.5) is 8.78 Å². The van der Waals surface area contributed by atoms with E-state index in [1.54, 1.807) is 0 Å². The molecule has 0 aromatic heterocycles. The van der Waals surface area contributed by atoms with Gasteiger partial charge in [0.2, 0.25) is 0 Å². The average Bonchev–Trinajstić information content (AvgIpc) is 2.48.